The van der Waals surface area contributed by atoms with E-state index in [4.69, 9.17) is 0 Å². The third-order valence-corrected chi connectivity index (χ3v) is 4.98. The summed E-state index contributed by atoms with van der Waals surface area (Å²) in [5, 5.41) is 3.19. The summed E-state index contributed by atoms with van der Waals surface area (Å²) in [6, 6.07) is 6.14. The maximum absolute atomic E-state index is 12.2. The van der Waals surface area contributed by atoms with Gasteiger partial charge in [0, 0.05) is 16.1 Å². The summed E-state index contributed by atoms with van der Waals surface area (Å²) < 4.78 is 0.996. The SMILES string of the molecule is CCC1CCCC(NC(=O)c2ccc(C)c(Br)c2)C1. The van der Waals surface area contributed by atoms with E-state index in [9.17, 15) is 4.79 Å². The van der Waals surface area contributed by atoms with Crippen LogP contribution in [0.3, 0.4) is 0 Å². The maximum atomic E-state index is 12.2. The lowest BCUT2D eigenvalue weighted by Crippen LogP contribution is -2.38. The molecule has 1 aliphatic carbocycles. The number of benzene rings is 1. The Balaban J connectivity index is 1.98. The molecule has 1 aromatic rings. The van der Waals surface area contributed by atoms with Crippen LogP contribution in [-0.2, 0) is 0 Å². The van der Waals surface area contributed by atoms with Crippen molar-refractivity contribution in [3.63, 3.8) is 0 Å². The van der Waals surface area contributed by atoms with Crippen molar-refractivity contribution in [3.05, 3.63) is 33.8 Å². The molecule has 0 bridgehead atoms. The van der Waals surface area contributed by atoms with Crippen molar-refractivity contribution < 1.29 is 4.79 Å². The predicted molar refractivity (Wildman–Crippen MR) is 82.4 cm³/mol. The number of rotatable bonds is 3. The first-order chi connectivity index (χ1) is 9.10. The monoisotopic (exact) mass is 323 g/mol. The zero-order valence-electron chi connectivity index (χ0n) is 11.7. The fourth-order valence-electron chi connectivity index (χ4n) is 2.80. The van der Waals surface area contributed by atoms with Crippen LogP contribution in [0, 0.1) is 12.8 Å². The molecule has 1 saturated carbocycles. The number of nitrogens with one attached hydrogen (secondary N) is 1. The summed E-state index contributed by atoms with van der Waals surface area (Å²) in [4.78, 5) is 12.2. The average molecular weight is 324 g/mol. The summed E-state index contributed by atoms with van der Waals surface area (Å²) in [7, 11) is 0. The van der Waals surface area contributed by atoms with E-state index >= 15 is 0 Å². The van der Waals surface area contributed by atoms with Gasteiger partial charge in [-0.25, -0.2) is 0 Å². The van der Waals surface area contributed by atoms with Gasteiger partial charge < -0.3 is 5.32 Å². The van der Waals surface area contributed by atoms with Crippen LogP contribution < -0.4 is 5.32 Å². The van der Waals surface area contributed by atoms with Crippen molar-refractivity contribution >= 4 is 21.8 Å². The van der Waals surface area contributed by atoms with Crippen molar-refractivity contribution in [2.24, 2.45) is 5.92 Å². The number of carbonyl (C=O) groups excluding carboxylic acids is 1. The number of carbonyl (C=O) groups is 1. The van der Waals surface area contributed by atoms with Crippen LogP contribution in [0.4, 0.5) is 0 Å². The Bertz CT molecular complexity index is 458. The zero-order chi connectivity index (χ0) is 13.8. The van der Waals surface area contributed by atoms with Gasteiger partial charge in [-0.2, -0.15) is 0 Å². The largest absolute Gasteiger partial charge is 0.349 e. The van der Waals surface area contributed by atoms with Gasteiger partial charge in [0.15, 0.2) is 0 Å². The van der Waals surface area contributed by atoms with Crippen molar-refractivity contribution in [3.8, 4) is 0 Å². The molecule has 0 heterocycles. The van der Waals surface area contributed by atoms with Gasteiger partial charge in [-0.1, -0.05) is 48.2 Å². The molecular weight excluding hydrogens is 302 g/mol. The Morgan fingerprint density at radius 2 is 2.21 bits per heavy atom. The number of aryl methyl sites for hydroxylation is 1. The fraction of sp³-hybridized carbons (Fsp3) is 0.562. The van der Waals surface area contributed by atoms with Crippen LogP contribution in [0.5, 0.6) is 0 Å². The molecule has 19 heavy (non-hydrogen) atoms. The number of hydrogen-bond donors (Lipinski definition) is 1. The second-order valence-electron chi connectivity index (χ2n) is 5.58. The first-order valence-corrected chi connectivity index (χ1v) is 7.96. The fourth-order valence-corrected chi connectivity index (χ4v) is 3.17. The van der Waals surface area contributed by atoms with Gasteiger partial charge in [-0.3, -0.25) is 4.79 Å². The standard InChI is InChI=1S/C16H22BrNO/c1-3-12-5-4-6-14(9-12)18-16(19)13-8-7-11(2)15(17)10-13/h7-8,10,12,14H,3-6,9H2,1-2H3,(H,18,19). The molecular formula is C16H22BrNO. The molecule has 0 spiro atoms. The Morgan fingerprint density at radius 1 is 1.42 bits per heavy atom. The van der Waals surface area contributed by atoms with Gasteiger partial charge in [0.05, 0.1) is 0 Å². The Kier molecular flexibility index (Phi) is 5.03. The normalized spacial score (nSPS) is 23.1. The minimum atomic E-state index is 0.0578. The van der Waals surface area contributed by atoms with Gasteiger partial charge in [0.1, 0.15) is 0 Å². The third-order valence-electron chi connectivity index (χ3n) is 4.13. The van der Waals surface area contributed by atoms with Crippen molar-refractivity contribution in [1.82, 2.24) is 5.32 Å². The lowest BCUT2D eigenvalue weighted by molar-refractivity contribution is 0.0919. The molecule has 1 aromatic carbocycles. The molecule has 1 N–H and O–H groups in total. The van der Waals surface area contributed by atoms with Crippen LogP contribution >= 0.6 is 15.9 Å². The van der Waals surface area contributed by atoms with Crippen molar-refractivity contribution in [2.45, 2.75) is 52.0 Å². The summed E-state index contributed by atoms with van der Waals surface area (Å²) in [6.45, 7) is 4.27. The highest BCUT2D eigenvalue weighted by Gasteiger charge is 2.22. The molecule has 2 rings (SSSR count). The van der Waals surface area contributed by atoms with E-state index in [1.165, 1.54) is 19.3 Å². The first kappa shape index (κ1) is 14.6. The van der Waals surface area contributed by atoms with Crippen LogP contribution in [-0.4, -0.2) is 11.9 Å². The predicted octanol–water partition coefficient (Wildman–Crippen LogP) is 4.46. The van der Waals surface area contributed by atoms with E-state index in [-0.39, 0.29) is 5.91 Å². The molecule has 104 valence electrons. The first-order valence-electron chi connectivity index (χ1n) is 7.17. The molecule has 0 aromatic heterocycles. The molecule has 2 unspecified atom stereocenters. The Labute approximate surface area is 124 Å². The van der Waals surface area contributed by atoms with Gasteiger partial charge in [-0.05, 0) is 43.4 Å². The van der Waals surface area contributed by atoms with Crippen LogP contribution in [0.2, 0.25) is 0 Å². The molecule has 1 fully saturated rings. The lowest BCUT2D eigenvalue weighted by Gasteiger charge is -2.29. The molecule has 2 atom stereocenters. The second-order valence-corrected chi connectivity index (χ2v) is 6.43. The number of halogens is 1. The minimum absolute atomic E-state index is 0.0578. The highest BCUT2D eigenvalue weighted by molar-refractivity contribution is 9.10. The minimum Gasteiger partial charge on any atom is -0.349 e. The molecule has 1 amide bonds. The topological polar surface area (TPSA) is 29.1 Å². The zero-order valence-corrected chi connectivity index (χ0v) is 13.3. The molecule has 0 saturated heterocycles. The quantitative estimate of drug-likeness (QED) is 0.874. The summed E-state index contributed by atoms with van der Waals surface area (Å²) in [5.74, 6) is 0.839. The van der Waals surface area contributed by atoms with E-state index in [1.807, 2.05) is 25.1 Å². The lowest BCUT2D eigenvalue weighted by atomic mass is 9.84. The van der Waals surface area contributed by atoms with E-state index in [0.717, 1.165) is 34.4 Å². The second kappa shape index (κ2) is 6.56. The molecule has 0 radical (unpaired) electrons. The molecule has 2 nitrogen and oxygen atoms in total. The van der Waals surface area contributed by atoms with Crippen molar-refractivity contribution in [2.75, 3.05) is 0 Å². The average Bonchev–Trinajstić information content (AvgIpc) is 2.42. The summed E-state index contributed by atoms with van der Waals surface area (Å²) in [6.07, 6.45) is 6.03. The van der Waals surface area contributed by atoms with Crippen molar-refractivity contribution in [1.29, 1.82) is 0 Å². The van der Waals surface area contributed by atoms with Gasteiger partial charge in [0.25, 0.3) is 5.91 Å². The molecule has 1 aliphatic rings. The Morgan fingerprint density at radius 3 is 2.89 bits per heavy atom. The highest BCUT2D eigenvalue weighted by atomic mass is 79.9. The van der Waals surface area contributed by atoms with E-state index in [1.54, 1.807) is 0 Å². The van der Waals surface area contributed by atoms with E-state index in [0.29, 0.717) is 6.04 Å². The van der Waals surface area contributed by atoms with Gasteiger partial charge in [0.2, 0.25) is 0 Å². The molecule has 3 heteroatoms. The van der Waals surface area contributed by atoms with E-state index in [2.05, 4.69) is 28.2 Å². The summed E-state index contributed by atoms with van der Waals surface area (Å²) >= 11 is 3.48. The van der Waals surface area contributed by atoms with Crippen LogP contribution in [0.25, 0.3) is 0 Å². The van der Waals surface area contributed by atoms with Crippen LogP contribution in [0.15, 0.2) is 22.7 Å². The van der Waals surface area contributed by atoms with Gasteiger partial charge in [-0.15, -0.1) is 0 Å². The number of hydrogen-bond acceptors (Lipinski definition) is 1. The molecule has 0 aliphatic heterocycles. The van der Waals surface area contributed by atoms with E-state index < -0.39 is 0 Å². The highest BCUT2D eigenvalue weighted by Crippen LogP contribution is 2.27. The Hall–Kier alpha value is -0.830. The third kappa shape index (κ3) is 3.82. The smallest absolute Gasteiger partial charge is 0.251 e. The number of amides is 1. The maximum Gasteiger partial charge on any atom is 0.251 e. The van der Waals surface area contributed by atoms with Gasteiger partial charge >= 0.3 is 0 Å². The summed E-state index contributed by atoms with van der Waals surface area (Å²) in [5.41, 5.74) is 1.90. The van der Waals surface area contributed by atoms with Crippen LogP contribution in [0.1, 0.15) is 54.9 Å².